The Bertz CT molecular complexity index is 672. The van der Waals surface area contributed by atoms with Crippen molar-refractivity contribution in [3.05, 3.63) is 18.0 Å². The molecule has 7 nitrogen and oxygen atoms in total. The number of hydrogen-bond acceptors (Lipinski definition) is 5. The number of methoxy groups -OCH3 is 1. The standard InChI is InChI=1S/C21H34N4O3/c1-23-19(8-9-22-23)18-15-24(14-17-6-4-3-5-7-17)16-21(18)20(26)25(10-12-27-2)11-13-28-21/h8-9,17-18H,3-7,10-16H2,1-2H3/t18-,21-/m1/s1. The minimum Gasteiger partial charge on any atom is -0.383 e. The zero-order valence-corrected chi connectivity index (χ0v) is 17.3. The van der Waals surface area contributed by atoms with Crippen LogP contribution >= 0.6 is 0 Å². The third kappa shape index (κ3) is 3.72. The zero-order valence-electron chi connectivity index (χ0n) is 17.3. The average molecular weight is 391 g/mol. The van der Waals surface area contributed by atoms with E-state index in [-0.39, 0.29) is 11.8 Å². The second-order valence-electron chi connectivity index (χ2n) is 8.65. The number of hydrogen-bond donors (Lipinski definition) is 0. The van der Waals surface area contributed by atoms with Gasteiger partial charge < -0.3 is 14.4 Å². The van der Waals surface area contributed by atoms with Crippen molar-refractivity contribution in [1.29, 1.82) is 0 Å². The summed E-state index contributed by atoms with van der Waals surface area (Å²) in [5, 5.41) is 4.37. The van der Waals surface area contributed by atoms with Crippen molar-refractivity contribution in [2.24, 2.45) is 13.0 Å². The van der Waals surface area contributed by atoms with Crippen molar-refractivity contribution in [1.82, 2.24) is 19.6 Å². The number of aromatic nitrogens is 2. The van der Waals surface area contributed by atoms with Gasteiger partial charge >= 0.3 is 0 Å². The van der Waals surface area contributed by atoms with Gasteiger partial charge in [-0.05, 0) is 24.8 Å². The zero-order chi connectivity index (χ0) is 19.6. The Balaban J connectivity index is 1.58. The topological polar surface area (TPSA) is 59.8 Å². The van der Waals surface area contributed by atoms with Gasteiger partial charge in [0.15, 0.2) is 5.60 Å². The van der Waals surface area contributed by atoms with Crippen LogP contribution in [0.2, 0.25) is 0 Å². The van der Waals surface area contributed by atoms with Gasteiger partial charge in [0, 0.05) is 58.8 Å². The molecule has 1 aliphatic carbocycles. The smallest absolute Gasteiger partial charge is 0.257 e. The van der Waals surface area contributed by atoms with Gasteiger partial charge in [-0.2, -0.15) is 5.10 Å². The van der Waals surface area contributed by atoms with Crippen LogP contribution in [0.15, 0.2) is 12.3 Å². The fraction of sp³-hybridized carbons (Fsp3) is 0.810. The second-order valence-corrected chi connectivity index (χ2v) is 8.65. The van der Waals surface area contributed by atoms with Gasteiger partial charge in [0.1, 0.15) is 0 Å². The second kappa shape index (κ2) is 8.51. The molecule has 28 heavy (non-hydrogen) atoms. The molecule has 2 aliphatic heterocycles. The summed E-state index contributed by atoms with van der Waals surface area (Å²) in [5.74, 6) is 0.883. The van der Waals surface area contributed by atoms with Gasteiger partial charge in [-0.25, -0.2) is 0 Å². The monoisotopic (exact) mass is 390 g/mol. The van der Waals surface area contributed by atoms with E-state index in [1.165, 1.54) is 32.1 Å². The third-order valence-corrected chi connectivity index (χ3v) is 6.85. The molecule has 1 amide bonds. The lowest BCUT2D eigenvalue weighted by atomic mass is 9.85. The first-order valence-electron chi connectivity index (χ1n) is 10.8. The highest BCUT2D eigenvalue weighted by Gasteiger charge is 2.57. The van der Waals surface area contributed by atoms with Crippen LogP contribution < -0.4 is 0 Å². The molecule has 156 valence electrons. The number of rotatable bonds is 6. The van der Waals surface area contributed by atoms with E-state index in [0.29, 0.717) is 32.8 Å². The Labute approximate surface area is 167 Å². The van der Waals surface area contributed by atoms with Crippen LogP contribution in [-0.4, -0.2) is 84.1 Å². The molecule has 3 heterocycles. The van der Waals surface area contributed by atoms with Crippen LogP contribution in [0.4, 0.5) is 0 Å². The fourth-order valence-corrected chi connectivity index (χ4v) is 5.39. The molecular weight excluding hydrogens is 356 g/mol. The molecule has 1 saturated carbocycles. The van der Waals surface area contributed by atoms with Crippen LogP contribution in [0.25, 0.3) is 0 Å². The maximum atomic E-state index is 13.6. The highest BCUT2D eigenvalue weighted by molar-refractivity contribution is 5.88. The normalized spacial score (nSPS) is 29.9. The van der Waals surface area contributed by atoms with Crippen molar-refractivity contribution in [3.8, 4) is 0 Å². The lowest BCUT2D eigenvalue weighted by Gasteiger charge is -2.42. The van der Waals surface area contributed by atoms with Gasteiger partial charge in [0.05, 0.1) is 19.1 Å². The van der Waals surface area contributed by atoms with E-state index >= 15 is 0 Å². The number of carbonyl (C=O) groups excluding carboxylic acids is 1. The van der Waals surface area contributed by atoms with Crippen LogP contribution in [-0.2, 0) is 21.3 Å². The summed E-state index contributed by atoms with van der Waals surface area (Å²) in [6.45, 7) is 5.03. The van der Waals surface area contributed by atoms with Crippen molar-refractivity contribution < 1.29 is 14.3 Å². The van der Waals surface area contributed by atoms with Crippen LogP contribution in [0, 0.1) is 5.92 Å². The minimum absolute atomic E-state index is 0.0152. The maximum Gasteiger partial charge on any atom is 0.257 e. The Hall–Kier alpha value is -1.44. The first kappa shape index (κ1) is 19.9. The highest BCUT2D eigenvalue weighted by Crippen LogP contribution is 2.42. The summed E-state index contributed by atoms with van der Waals surface area (Å²) >= 11 is 0. The minimum atomic E-state index is -0.797. The predicted molar refractivity (Wildman–Crippen MR) is 106 cm³/mol. The molecule has 0 N–H and O–H groups in total. The highest BCUT2D eigenvalue weighted by atomic mass is 16.5. The quantitative estimate of drug-likeness (QED) is 0.739. The van der Waals surface area contributed by atoms with E-state index in [1.54, 1.807) is 7.11 Å². The molecule has 4 rings (SSSR count). The van der Waals surface area contributed by atoms with E-state index in [1.807, 2.05) is 28.9 Å². The summed E-state index contributed by atoms with van der Waals surface area (Å²) in [4.78, 5) is 18.0. The Kier molecular flexibility index (Phi) is 6.04. The molecule has 1 aromatic rings. The van der Waals surface area contributed by atoms with Crippen molar-refractivity contribution in [3.63, 3.8) is 0 Å². The summed E-state index contributed by atoms with van der Waals surface area (Å²) in [6.07, 6.45) is 8.50. The van der Waals surface area contributed by atoms with E-state index < -0.39 is 5.60 Å². The number of amides is 1. The SMILES string of the molecule is COCCN1CCO[C@@]2(CN(CC3CCCCC3)C[C@@H]2c2ccnn2C)C1=O. The lowest BCUT2D eigenvalue weighted by Crippen LogP contribution is -2.60. The molecule has 2 atom stereocenters. The Morgan fingerprint density at radius 1 is 1.32 bits per heavy atom. The molecule has 0 unspecified atom stereocenters. The van der Waals surface area contributed by atoms with Crippen LogP contribution in [0.5, 0.6) is 0 Å². The summed E-state index contributed by atoms with van der Waals surface area (Å²) in [5.41, 5.74) is 0.294. The summed E-state index contributed by atoms with van der Waals surface area (Å²) < 4.78 is 13.5. The Morgan fingerprint density at radius 2 is 2.14 bits per heavy atom. The number of ether oxygens (including phenoxy) is 2. The molecule has 3 fully saturated rings. The number of nitrogens with zero attached hydrogens (tertiary/aromatic N) is 4. The summed E-state index contributed by atoms with van der Waals surface area (Å²) in [7, 11) is 3.64. The van der Waals surface area contributed by atoms with Gasteiger partial charge in [0.2, 0.25) is 0 Å². The van der Waals surface area contributed by atoms with Gasteiger partial charge in [-0.1, -0.05) is 19.3 Å². The third-order valence-electron chi connectivity index (χ3n) is 6.85. The number of morpholine rings is 1. The van der Waals surface area contributed by atoms with E-state index in [9.17, 15) is 4.79 Å². The average Bonchev–Trinajstić information content (AvgIpc) is 3.27. The number of carbonyl (C=O) groups is 1. The Morgan fingerprint density at radius 3 is 2.86 bits per heavy atom. The summed E-state index contributed by atoms with van der Waals surface area (Å²) in [6, 6.07) is 2.04. The molecule has 1 spiro atoms. The van der Waals surface area contributed by atoms with Gasteiger partial charge in [-0.3, -0.25) is 14.4 Å². The van der Waals surface area contributed by atoms with Crippen LogP contribution in [0.3, 0.4) is 0 Å². The molecule has 1 aromatic heterocycles. The number of likely N-dealkylation sites (tertiary alicyclic amines) is 1. The van der Waals surface area contributed by atoms with Crippen molar-refractivity contribution in [2.75, 3.05) is 53.0 Å². The molecule has 0 aromatic carbocycles. The van der Waals surface area contributed by atoms with E-state index in [2.05, 4.69) is 10.00 Å². The maximum absolute atomic E-state index is 13.6. The van der Waals surface area contributed by atoms with Crippen molar-refractivity contribution in [2.45, 2.75) is 43.6 Å². The molecule has 0 radical (unpaired) electrons. The van der Waals surface area contributed by atoms with Crippen molar-refractivity contribution >= 4 is 5.91 Å². The molecular formula is C21H34N4O3. The first-order valence-corrected chi connectivity index (χ1v) is 10.8. The van der Waals surface area contributed by atoms with E-state index in [0.717, 1.165) is 24.7 Å². The first-order chi connectivity index (χ1) is 13.6. The van der Waals surface area contributed by atoms with Gasteiger partial charge in [0.25, 0.3) is 5.91 Å². The molecule has 3 aliphatic rings. The largest absolute Gasteiger partial charge is 0.383 e. The predicted octanol–water partition coefficient (Wildman–Crippen LogP) is 1.64. The lowest BCUT2D eigenvalue weighted by molar-refractivity contribution is -0.173. The fourth-order valence-electron chi connectivity index (χ4n) is 5.39. The van der Waals surface area contributed by atoms with E-state index in [4.69, 9.17) is 9.47 Å². The molecule has 0 bridgehead atoms. The van der Waals surface area contributed by atoms with Crippen LogP contribution in [0.1, 0.15) is 43.7 Å². The molecule has 2 saturated heterocycles. The van der Waals surface area contributed by atoms with Gasteiger partial charge in [-0.15, -0.1) is 0 Å². The number of aryl methyl sites for hydroxylation is 1. The molecule has 7 heteroatoms.